The van der Waals surface area contributed by atoms with Crippen molar-refractivity contribution in [2.24, 2.45) is 5.92 Å². The SMILES string of the molecule is CC1CCN(Cc2cccc(F)c2)CC1. The molecule has 1 aromatic rings. The number of rotatable bonds is 2. The molecule has 0 unspecified atom stereocenters. The molecule has 0 amide bonds. The first-order valence-corrected chi connectivity index (χ1v) is 5.71. The van der Waals surface area contributed by atoms with Gasteiger partial charge in [0.05, 0.1) is 0 Å². The Morgan fingerprint density at radius 3 is 2.73 bits per heavy atom. The van der Waals surface area contributed by atoms with Crippen molar-refractivity contribution < 1.29 is 4.39 Å². The quantitative estimate of drug-likeness (QED) is 0.720. The van der Waals surface area contributed by atoms with Crippen LogP contribution in [0.15, 0.2) is 24.3 Å². The Morgan fingerprint density at radius 1 is 1.33 bits per heavy atom. The predicted molar refractivity (Wildman–Crippen MR) is 60.1 cm³/mol. The fourth-order valence-corrected chi connectivity index (χ4v) is 2.11. The molecule has 2 heteroatoms. The van der Waals surface area contributed by atoms with Crippen LogP contribution in [-0.4, -0.2) is 18.0 Å². The average molecular weight is 207 g/mol. The number of benzene rings is 1. The van der Waals surface area contributed by atoms with Crippen molar-refractivity contribution in [1.29, 1.82) is 0 Å². The number of piperidine rings is 1. The standard InChI is InChI=1S/C13H18FN/c1-11-5-7-15(8-6-11)10-12-3-2-4-13(14)9-12/h2-4,9,11H,5-8,10H2,1H3. The second-order valence-corrected chi connectivity index (χ2v) is 4.59. The van der Waals surface area contributed by atoms with Crippen LogP contribution in [0.5, 0.6) is 0 Å². The third-order valence-corrected chi connectivity index (χ3v) is 3.17. The van der Waals surface area contributed by atoms with E-state index < -0.39 is 0 Å². The summed E-state index contributed by atoms with van der Waals surface area (Å²) in [5, 5.41) is 0. The maximum atomic E-state index is 13.0. The van der Waals surface area contributed by atoms with E-state index in [1.54, 1.807) is 12.1 Å². The lowest BCUT2D eigenvalue weighted by Gasteiger charge is -2.30. The lowest BCUT2D eigenvalue weighted by atomic mass is 9.99. The van der Waals surface area contributed by atoms with Crippen LogP contribution in [0.3, 0.4) is 0 Å². The molecule has 1 aliphatic rings. The minimum absolute atomic E-state index is 0.127. The second kappa shape index (κ2) is 4.75. The molecule has 0 aromatic heterocycles. The number of halogens is 1. The molecular weight excluding hydrogens is 189 g/mol. The van der Waals surface area contributed by atoms with Crippen LogP contribution in [0.2, 0.25) is 0 Å². The van der Waals surface area contributed by atoms with Crippen molar-refractivity contribution in [3.8, 4) is 0 Å². The first-order valence-electron chi connectivity index (χ1n) is 5.71. The maximum Gasteiger partial charge on any atom is 0.123 e. The van der Waals surface area contributed by atoms with Crippen LogP contribution in [0.4, 0.5) is 4.39 Å². The van der Waals surface area contributed by atoms with E-state index in [2.05, 4.69) is 11.8 Å². The highest BCUT2D eigenvalue weighted by Gasteiger charge is 2.15. The Balaban J connectivity index is 1.92. The number of likely N-dealkylation sites (tertiary alicyclic amines) is 1. The van der Waals surface area contributed by atoms with Gasteiger partial charge in [0.1, 0.15) is 5.82 Å². The van der Waals surface area contributed by atoms with Crippen molar-refractivity contribution in [1.82, 2.24) is 4.90 Å². The molecule has 1 heterocycles. The highest BCUT2D eigenvalue weighted by atomic mass is 19.1. The van der Waals surface area contributed by atoms with Crippen molar-refractivity contribution in [2.75, 3.05) is 13.1 Å². The Hall–Kier alpha value is -0.890. The average Bonchev–Trinajstić information content (AvgIpc) is 2.22. The minimum atomic E-state index is -0.127. The van der Waals surface area contributed by atoms with Crippen LogP contribution >= 0.6 is 0 Å². The first kappa shape index (κ1) is 10.6. The monoisotopic (exact) mass is 207 g/mol. The van der Waals surface area contributed by atoms with Crippen molar-refractivity contribution in [3.63, 3.8) is 0 Å². The van der Waals surface area contributed by atoms with Crippen molar-refractivity contribution >= 4 is 0 Å². The van der Waals surface area contributed by atoms with Gasteiger partial charge in [0.2, 0.25) is 0 Å². The Bertz CT molecular complexity index is 316. The summed E-state index contributed by atoms with van der Waals surface area (Å²) in [7, 11) is 0. The molecule has 0 N–H and O–H groups in total. The topological polar surface area (TPSA) is 3.24 Å². The molecule has 0 bridgehead atoms. The van der Waals surface area contributed by atoms with Gasteiger partial charge in [-0.1, -0.05) is 19.1 Å². The van der Waals surface area contributed by atoms with Gasteiger partial charge >= 0.3 is 0 Å². The number of hydrogen-bond acceptors (Lipinski definition) is 1. The fourth-order valence-electron chi connectivity index (χ4n) is 2.11. The Morgan fingerprint density at radius 2 is 2.07 bits per heavy atom. The van der Waals surface area contributed by atoms with Gasteiger partial charge in [0, 0.05) is 6.54 Å². The van der Waals surface area contributed by atoms with Gasteiger partial charge in [-0.3, -0.25) is 4.90 Å². The van der Waals surface area contributed by atoms with E-state index in [9.17, 15) is 4.39 Å². The zero-order valence-corrected chi connectivity index (χ0v) is 9.25. The predicted octanol–water partition coefficient (Wildman–Crippen LogP) is 3.06. The molecule has 0 saturated carbocycles. The summed E-state index contributed by atoms with van der Waals surface area (Å²) < 4.78 is 13.0. The zero-order valence-electron chi connectivity index (χ0n) is 9.25. The number of nitrogens with zero attached hydrogens (tertiary/aromatic N) is 1. The molecular formula is C13H18FN. The Kier molecular flexibility index (Phi) is 3.37. The van der Waals surface area contributed by atoms with Crippen molar-refractivity contribution in [2.45, 2.75) is 26.3 Å². The van der Waals surface area contributed by atoms with Gasteiger partial charge in [-0.05, 0) is 49.5 Å². The molecule has 1 saturated heterocycles. The molecule has 0 atom stereocenters. The highest BCUT2D eigenvalue weighted by molar-refractivity contribution is 5.16. The van der Waals surface area contributed by atoms with Crippen molar-refractivity contribution in [3.05, 3.63) is 35.6 Å². The van der Waals surface area contributed by atoms with Gasteiger partial charge < -0.3 is 0 Å². The second-order valence-electron chi connectivity index (χ2n) is 4.59. The third-order valence-electron chi connectivity index (χ3n) is 3.17. The van der Waals surface area contributed by atoms with E-state index in [1.165, 1.54) is 18.9 Å². The summed E-state index contributed by atoms with van der Waals surface area (Å²) in [5.41, 5.74) is 1.09. The molecule has 15 heavy (non-hydrogen) atoms. The van der Waals surface area contributed by atoms with Gasteiger partial charge in [0.15, 0.2) is 0 Å². The van der Waals surface area contributed by atoms with E-state index >= 15 is 0 Å². The van der Waals surface area contributed by atoms with Crippen LogP contribution in [0.25, 0.3) is 0 Å². The molecule has 0 aliphatic carbocycles. The summed E-state index contributed by atoms with van der Waals surface area (Å²) in [6.45, 7) is 5.50. The summed E-state index contributed by atoms with van der Waals surface area (Å²) >= 11 is 0. The largest absolute Gasteiger partial charge is 0.299 e. The van der Waals surface area contributed by atoms with E-state index in [1.807, 2.05) is 6.07 Å². The summed E-state index contributed by atoms with van der Waals surface area (Å²) in [6, 6.07) is 6.93. The van der Waals surface area contributed by atoms with Gasteiger partial charge in [-0.25, -0.2) is 4.39 Å². The van der Waals surface area contributed by atoms with Gasteiger partial charge in [-0.15, -0.1) is 0 Å². The Labute approximate surface area is 90.9 Å². The third kappa shape index (κ3) is 3.03. The molecule has 0 spiro atoms. The first-order chi connectivity index (χ1) is 7.24. The zero-order chi connectivity index (χ0) is 10.7. The molecule has 1 nitrogen and oxygen atoms in total. The smallest absolute Gasteiger partial charge is 0.123 e. The molecule has 1 aromatic carbocycles. The molecule has 82 valence electrons. The molecule has 1 aliphatic heterocycles. The highest BCUT2D eigenvalue weighted by Crippen LogP contribution is 2.18. The minimum Gasteiger partial charge on any atom is -0.299 e. The normalized spacial score (nSPS) is 19.3. The van der Waals surface area contributed by atoms with E-state index in [0.717, 1.165) is 31.1 Å². The van der Waals surface area contributed by atoms with Gasteiger partial charge in [0.25, 0.3) is 0 Å². The van der Waals surface area contributed by atoms with Crippen LogP contribution in [-0.2, 0) is 6.54 Å². The lowest BCUT2D eigenvalue weighted by Crippen LogP contribution is -2.32. The van der Waals surface area contributed by atoms with Gasteiger partial charge in [-0.2, -0.15) is 0 Å². The molecule has 2 rings (SSSR count). The molecule has 1 fully saturated rings. The van der Waals surface area contributed by atoms with Crippen LogP contribution in [0, 0.1) is 11.7 Å². The fraction of sp³-hybridized carbons (Fsp3) is 0.538. The van der Waals surface area contributed by atoms with Crippen LogP contribution < -0.4 is 0 Å². The molecule has 0 radical (unpaired) electrons. The van der Waals surface area contributed by atoms with E-state index in [-0.39, 0.29) is 5.82 Å². The summed E-state index contributed by atoms with van der Waals surface area (Å²) in [5.74, 6) is 0.728. The maximum absolute atomic E-state index is 13.0. The van der Waals surface area contributed by atoms with E-state index in [0.29, 0.717) is 0 Å². The lowest BCUT2D eigenvalue weighted by molar-refractivity contribution is 0.185. The summed E-state index contributed by atoms with van der Waals surface area (Å²) in [6.07, 6.45) is 2.55. The summed E-state index contributed by atoms with van der Waals surface area (Å²) in [4.78, 5) is 2.41. The van der Waals surface area contributed by atoms with E-state index in [4.69, 9.17) is 0 Å². The number of hydrogen-bond donors (Lipinski definition) is 0. The van der Waals surface area contributed by atoms with Crippen LogP contribution in [0.1, 0.15) is 25.3 Å².